The summed E-state index contributed by atoms with van der Waals surface area (Å²) in [5, 5.41) is 3.44. The van der Waals surface area contributed by atoms with E-state index < -0.39 is 0 Å². The Morgan fingerprint density at radius 3 is 2.71 bits per heavy atom. The molecule has 0 saturated carbocycles. The van der Waals surface area contributed by atoms with E-state index in [0.29, 0.717) is 11.9 Å². The van der Waals surface area contributed by atoms with Crippen LogP contribution in [0.5, 0.6) is 0 Å². The standard InChI is InChI=1S/C10H18N2OS/c1-12(8-6-11-7-8)10(13)9-4-2-3-5-14-9/h8-9,11H,2-7H2,1H3. The normalized spacial score (nSPS) is 28.2. The van der Waals surface area contributed by atoms with Gasteiger partial charge in [0.15, 0.2) is 0 Å². The van der Waals surface area contributed by atoms with Crippen LogP contribution in [-0.4, -0.2) is 48.0 Å². The highest BCUT2D eigenvalue weighted by Gasteiger charge is 2.30. The fraction of sp³-hybridized carbons (Fsp3) is 0.900. The topological polar surface area (TPSA) is 32.3 Å². The van der Waals surface area contributed by atoms with Gasteiger partial charge in [0.1, 0.15) is 0 Å². The van der Waals surface area contributed by atoms with E-state index in [9.17, 15) is 4.79 Å². The van der Waals surface area contributed by atoms with Crippen molar-refractivity contribution in [2.45, 2.75) is 30.6 Å². The molecule has 1 atom stereocenters. The second-order valence-corrected chi connectivity index (χ2v) is 5.43. The number of hydrogen-bond acceptors (Lipinski definition) is 3. The van der Waals surface area contributed by atoms with E-state index in [-0.39, 0.29) is 5.25 Å². The first-order valence-electron chi connectivity index (χ1n) is 5.38. The molecular weight excluding hydrogens is 196 g/mol. The minimum Gasteiger partial charge on any atom is -0.339 e. The zero-order valence-corrected chi connectivity index (χ0v) is 9.48. The molecule has 1 amide bonds. The summed E-state index contributed by atoms with van der Waals surface area (Å²) < 4.78 is 0. The highest BCUT2D eigenvalue weighted by atomic mass is 32.2. The van der Waals surface area contributed by atoms with Crippen LogP contribution in [0.1, 0.15) is 19.3 Å². The molecule has 1 N–H and O–H groups in total. The average molecular weight is 214 g/mol. The van der Waals surface area contributed by atoms with Gasteiger partial charge in [-0.1, -0.05) is 6.42 Å². The minimum atomic E-state index is 0.245. The molecule has 1 unspecified atom stereocenters. The lowest BCUT2D eigenvalue weighted by molar-refractivity contribution is -0.132. The average Bonchev–Trinajstić information content (AvgIpc) is 2.15. The Morgan fingerprint density at radius 1 is 1.43 bits per heavy atom. The molecule has 0 aromatic rings. The molecule has 14 heavy (non-hydrogen) atoms. The van der Waals surface area contributed by atoms with Gasteiger partial charge in [-0.25, -0.2) is 0 Å². The van der Waals surface area contributed by atoms with Gasteiger partial charge in [-0.15, -0.1) is 11.8 Å². The molecule has 0 radical (unpaired) electrons. The number of carbonyl (C=O) groups excluding carboxylic acids is 1. The van der Waals surface area contributed by atoms with Crippen LogP contribution in [-0.2, 0) is 4.79 Å². The number of carbonyl (C=O) groups is 1. The molecule has 2 fully saturated rings. The summed E-state index contributed by atoms with van der Waals surface area (Å²) in [4.78, 5) is 14.0. The summed E-state index contributed by atoms with van der Waals surface area (Å²) in [7, 11) is 1.95. The predicted octanol–water partition coefficient (Wildman–Crippen LogP) is 0.702. The Kier molecular flexibility index (Phi) is 3.34. The van der Waals surface area contributed by atoms with Crippen molar-refractivity contribution in [3.63, 3.8) is 0 Å². The van der Waals surface area contributed by atoms with Gasteiger partial charge in [0, 0.05) is 20.1 Å². The van der Waals surface area contributed by atoms with Crippen LogP contribution >= 0.6 is 11.8 Å². The van der Waals surface area contributed by atoms with Crippen molar-refractivity contribution < 1.29 is 4.79 Å². The molecule has 2 saturated heterocycles. The molecule has 0 bridgehead atoms. The number of hydrogen-bond donors (Lipinski definition) is 1. The van der Waals surface area contributed by atoms with Crippen LogP contribution in [0.25, 0.3) is 0 Å². The molecule has 3 nitrogen and oxygen atoms in total. The van der Waals surface area contributed by atoms with Crippen molar-refractivity contribution in [1.82, 2.24) is 10.2 Å². The van der Waals surface area contributed by atoms with Gasteiger partial charge in [-0.3, -0.25) is 4.79 Å². The number of nitrogens with one attached hydrogen (secondary N) is 1. The zero-order chi connectivity index (χ0) is 9.97. The number of thioether (sulfide) groups is 1. The SMILES string of the molecule is CN(C(=O)C1CCCCS1)C1CNC1. The molecule has 80 valence electrons. The van der Waals surface area contributed by atoms with Crippen LogP contribution in [0, 0.1) is 0 Å². The van der Waals surface area contributed by atoms with Crippen molar-refractivity contribution in [2.24, 2.45) is 0 Å². The van der Waals surface area contributed by atoms with E-state index in [0.717, 1.165) is 25.3 Å². The Bertz CT molecular complexity index is 208. The van der Waals surface area contributed by atoms with Crippen LogP contribution in [0.2, 0.25) is 0 Å². The summed E-state index contributed by atoms with van der Waals surface area (Å²) in [5.41, 5.74) is 0. The lowest BCUT2D eigenvalue weighted by Gasteiger charge is -2.37. The number of nitrogens with zero attached hydrogens (tertiary/aromatic N) is 1. The summed E-state index contributed by atoms with van der Waals surface area (Å²) in [6, 6.07) is 0.449. The Morgan fingerprint density at radius 2 is 2.21 bits per heavy atom. The highest BCUT2D eigenvalue weighted by Crippen LogP contribution is 2.26. The molecule has 0 aliphatic carbocycles. The third kappa shape index (κ3) is 2.06. The maximum atomic E-state index is 12.0. The van der Waals surface area contributed by atoms with E-state index in [4.69, 9.17) is 0 Å². The minimum absolute atomic E-state index is 0.245. The Hall–Kier alpha value is -0.220. The van der Waals surface area contributed by atoms with E-state index >= 15 is 0 Å². The molecule has 2 aliphatic rings. The molecule has 0 aromatic carbocycles. The molecule has 2 heterocycles. The zero-order valence-electron chi connectivity index (χ0n) is 8.66. The van der Waals surface area contributed by atoms with Crippen molar-refractivity contribution in [3.05, 3.63) is 0 Å². The molecule has 0 spiro atoms. The maximum Gasteiger partial charge on any atom is 0.235 e. The number of rotatable bonds is 2. The fourth-order valence-electron chi connectivity index (χ4n) is 1.89. The van der Waals surface area contributed by atoms with E-state index in [2.05, 4.69) is 5.32 Å². The van der Waals surface area contributed by atoms with Gasteiger partial charge in [-0.05, 0) is 18.6 Å². The van der Waals surface area contributed by atoms with Gasteiger partial charge < -0.3 is 10.2 Å². The smallest absolute Gasteiger partial charge is 0.235 e. The first-order chi connectivity index (χ1) is 6.79. The van der Waals surface area contributed by atoms with Crippen LogP contribution < -0.4 is 5.32 Å². The van der Waals surface area contributed by atoms with Crippen molar-refractivity contribution in [1.29, 1.82) is 0 Å². The second-order valence-electron chi connectivity index (χ2n) is 4.12. The lowest BCUT2D eigenvalue weighted by Crippen LogP contribution is -2.58. The van der Waals surface area contributed by atoms with Gasteiger partial charge in [0.05, 0.1) is 11.3 Å². The first-order valence-corrected chi connectivity index (χ1v) is 6.43. The molecule has 0 aromatic heterocycles. The Labute approximate surface area is 89.6 Å². The van der Waals surface area contributed by atoms with Gasteiger partial charge >= 0.3 is 0 Å². The fourth-order valence-corrected chi connectivity index (χ4v) is 3.19. The first kappa shape index (κ1) is 10.3. The largest absolute Gasteiger partial charge is 0.339 e. The van der Waals surface area contributed by atoms with Crippen molar-refractivity contribution in [2.75, 3.05) is 25.9 Å². The lowest BCUT2D eigenvalue weighted by atomic mass is 10.1. The Balaban J connectivity index is 1.85. The monoisotopic (exact) mass is 214 g/mol. The second kappa shape index (κ2) is 4.53. The third-order valence-corrected chi connectivity index (χ3v) is 4.47. The summed E-state index contributed by atoms with van der Waals surface area (Å²) in [6.45, 7) is 1.94. The van der Waals surface area contributed by atoms with Crippen LogP contribution in [0.3, 0.4) is 0 Å². The van der Waals surface area contributed by atoms with E-state index in [1.807, 2.05) is 23.7 Å². The van der Waals surface area contributed by atoms with Gasteiger partial charge in [0.25, 0.3) is 0 Å². The van der Waals surface area contributed by atoms with Gasteiger partial charge in [-0.2, -0.15) is 0 Å². The maximum absolute atomic E-state index is 12.0. The van der Waals surface area contributed by atoms with Crippen molar-refractivity contribution in [3.8, 4) is 0 Å². The molecule has 2 rings (SSSR count). The quantitative estimate of drug-likeness (QED) is 0.734. The molecule has 4 heteroatoms. The van der Waals surface area contributed by atoms with E-state index in [1.165, 1.54) is 12.8 Å². The molecule has 2 aliphatic heterocycles. The third-order valence-electron chi connectivity index (χ3n) is 3.11. The number of likely N-dealkylation sites (N-methyl/N-ethyl adjacent to an activating group) is 1. The summed E-state index contributed by atoms with van der Waals surface area (Å²) >= 11 is 1.84. The van der Waals surface area contributed by atoms with Crippen LogP contribution in [0.4, 0.5) is 0 Å². The summed E-state index contributed by atoms with van der Waals surface area (Å²) in [6.07, 6.45) is 3.58. The van der Waals surface area contributed by atoms with E-state index in [1.54, 1.807) is 0 Å². The van der Waals surface area contributed by atoms with Gasteiger partial charge in [0.2, 0.25) is 5.91 Å². The van der Waals surface area contributed by atoms with Crippen LogP contribution in [0.15, 0.2) is 0 Å². The van der Waals surface area contributed by atoms with Crippen molar-refractivity contribution >= 4 is 17.7 Å². The molecular formula is C10H18N2OS. The highest BCUT2D eigenvalue weighted by molar-refractivity contribution is 8.00. The predicted molar refractivity (Wildman–Crippen MR) is 59.5 cm³/mol. The number of amides is 1. The summed E-state index contributed by atoms with van der Waals surface area (Å²) in [5.74, 6) is 1.51.